The van der Waals surface area contributed by atoms with Gasteiger partial charge >= 0.3 is 0 Å². The van der Waals surface area contributed by atoms with E-state index in [2.05, 4.69) is 10.3 Å². The van der Waals surface area contributed by atoms with E-state index in [0.717, 1.165) is 5.52 Å². The van der Waals surface area contributed by atoms with Gasteiger partial charge in [0.2, 0.25) is 0 Å². The minimum atomic E-state index is -0.105. The van der Waals surface area contributed by atoms with Crippen LogP contribution in [0.1, 0.15) is 24.3 Å². The molecule has 0 saturated heterocycles. The smallest absolute Gasteiger partial charge is 0.268 e. The van der Waals surface area contributed by atoms with Crippen LogP contribution in [0.25, 0.3) is 11.1 Å². The highest BCUT2D eigenvalue weighted by atomic mass is 16.3. The molecule has 4 heteroatoms. The SMILES string of the molecule is CC(C)NC(=O)c1cc2occc2[nH]1. The summed E-state index contributed by atoms with van der Waals surface area (Å²) in [5, 5.41) is 2.80. The highest BCUT2D eigenvalue weighted by molar-refractivity contribution is 5.96. The molecular weight excluding hydrogens is 180 g/mol. The molecule has 0 aromatic carbocycles. The number of H-pyrrole nitrogens is 1. The van der Waals surface area contributed by atoms with E-state index >= 15 is 0 Å². The van der Waals surface area contributed by atoms with Gasteiger partial charge in [0, 0.05) is 18.2 Å². The van der Waals surface area contributed by atoms with Crippen molar-refractivity contribution in [2.24, 2.45) is 0 Å². The van der Waals surface area contributed by atoms with Gasteiger partial charge < -0.3 is 14.7 Å². The minimum absolute atomic E-state index is 0.105. The van der Waals surface area contributed by atoms with Crippen LogP contribution in [0.3, 0.4) is 0 Å². The number of carbonyl (C=O) groups is 1. The molecular formula is C10H12N2O2. The van der Waals surface area contributed by atoms with Crippen molar-refractivity contribution in [1.82, 2.24) is 10.3 Å². The maximum atomic E-state index is 11.5. The number of hydrogen-bond acceptors (Lipinski definition) is 2. The summed E-state index contributed by atoms with van der Waals surface area (Å²) < 4.78 is 5.14. The molecule has 2 N–H and O–H groups in total. The molecule has 0 saturated carbocycles. The first-order valence-electron chi connectivity index (χ1n) is 4.54. The predicted molar refractivity (Wildman–Crippen MR) is 53.2 cm³/mol. The van der Waals surface area contributed by atoms with Gasteiger partial charge in [-0.1, -0.05) is 0 Å². The number of aromatic nitrogens is 1. The molecule has 0 bridgehead atoms. The lowest BCUT2D eigenvalue weighted by atomic mass is 10.3. The van der Waals surface area contributed by atoms with Gasteiger partial charge in [0.25, 0.3) is 5.91 Å². The number of rotatable bonds is 2. The van der Waals surface area contributed by atoms with Crippen molar-refractivity contribution in [3.05, 3.63) is 24.1 Å². The van der Waals surface area contributed by atoms with Gasteiger partial charge in [-0.15, -0.1) is 0 Å². The summed E-state index contributed by atoms with van der Waals surface area (Å²) in [6.07, 6.45) is 1.59. The van der Waals surface area contributed by atoms with Crippen LogP contribution in [0, 0.1) is 0 Å². The van der Waals surface area contributed by atoms with E-state index in [0.29, 0.717) is 11.3 Å². The van der Waals surface area contributed by atoms with E-state index in [1.807, 2.05) is 13.8 Å². The molecule has 0 aliphatic heterocycles. The minimum Gasteiger partial charge on any atom is -0.463 e. The average Bonchev–Trinajstić information content (AvgIpc) is 2.58. The maximum absolute atomic E-state index is 11.5. The summed E-state index contributed by atoms with van der Waals surface area (Å²) >= 11 is 0. The molecule has 0 radical (unpaired) electrons. The summed E-state index contributed by atoms with van der Waals surface area (Å²) in [6, 6.07) is 3.63. The summed E-state index contributed by atoms with van der Waals surface area (Å²) in [6.45, 7) is 3.84. The molecule has 2 rings (SSSR count). The largest absolute Gasteiger partial charge is 0.463 e. The second-order valence-corrected chi connectivity index (χ2v) is 3.51. The third-order valence-corrected chi connectivity index (χ3v) is 1.90. The zero-order valence-corrected chi connectivity index (χ0v) is 8.13. The predicted octanol–water partition coefficient (Wildman–Crippen LogP) is 1.90. The van der Waals surface area contributed by atoms with Gasteiger partial charge in [-0.05, 0) is 13.8 Å². The quantitative estimate of drug-likeness (QED) is 0.763. The van der Waals surface area contributed by atoms with Gasteiger partial charge in [0.1, 0.15) is 5.69 Å². The molecule has 0 aliphatic carbocycles. The van der Waals surface area contributed by atoms with Crippen LogP contribution >= 0.6 is 0 Å². The van der Waals surface area contributed by atoms with E-state index in [4.69, 9.17) is 4.42 Å². The van der Waals surface area contributed by atoms with E-state index in [-0.39, 0.29) is 11.9 Å². The summed E-state index contributed by atoms with van der Waals surface area (Å²) in [5.74, 6) is -0.105. The molecule has 0 fully saturated rings. The molecule has 4 nitrogen and oxygen atoms in total. The Balaban J connectivity index is 2.26. The molecule has 74 valence electrons. The Bertz CT molecular complexity index is 425. The Hall–Kier alpha value is -1.71. The third kappa shape index (κ3) is 1.51. The number of fused-ring (bicyclic) bond motifs is 1. The van der Waals surface area contributed by atoms with Crippen LogP contribution in [0.2, 0.25) is 0 Å². The van der Waals surface area contributed by atoms with Crippen molar-refractivity contribution in [2.45, 2.75) is 19.9 Å². The van der Waals surface area contributed by atoms with E-state index in [9.17, 15) is 4.79 Å². The molecule has 2 heterocycles. The Morgan fingerprint density at radius 2 is 2.36 bits per heavy atom. The van der Waals surface area contributed by atoms with Crippen molar-refractivity contribution in [2.75, 3.05) is 0 Å². The summed E-state index contributed by atoms with van der Waals surface area (Å²) in [7, 11) is 0. The topological polar surface area (TPSA) is 58.0 Å². The van der Waals surface area contributed by atoms with Gasteiger partial charge in [-0.3, -0.25) is 4.79 Å². The first-order chi connectivity index (χ1) is 6.66. The summed E-state index contributed by atoms with van der Waals surface area (Å²) in [5.41, 5.74) is 2.09. The molecule has 1 amide bonds. The fourth-order valence-corrected chi connectivity index (χ4v) is 1.31. The van der Waals surface area contributed by atoms with Crippen molar-refractivity contribution in [3.63, 3.8) is 0 Å². The number of aromatic amines is 1. The molecule has 2 aromatic heterocycles. The highest BCUT2D eigenvalue weighted by Gasteiger charge is 2.11. The van der Waals surface area contributed by atoms with Crippen LogP contribution < -0.4 is 5.32 Å². The molecule has 0 spiro atoms. The van der Waals surface area contributed by atoms with Crippen molar-refractivity contribution in [1.29, 1.82) is 0 Å². The average molecular weight is 192 g/mol. The maximum Gasteiger partial charge on any atom is 0.268 e. The van der Waals surface area contributed by atoms with Gasteiger partial charge in [0.15, 0.2) is 5.58 Å². The monoisotopic (exact) mass is 192 g/mol. The first-order valence-corrected chi connectivity index (χ1v) is 4.54. The van der Waals surface area contributed by atoms with E-state index in [1.165, 1.54) is 0 Å². The zero-order valence-electron chi connectivity index (χ0n) is 8.13. The molecule has 14 heavy (non-hydrogen) atoms. The number of carbonyl (C=O) groups excluding carboxylic acids is 1. The fraction of sp³-hybridized carbons (Fsp3) is 0.300. The van der Waals surface area contributed by atoms with Crippen LogP contribution in [-0.4, -0.2) is 16.9 Å². The fourth-order valence-electron chi connectivity index (χ4n) is 1.31. The van der Waals surface area contributed by atoms with Gasteiger partial charge in [0.05, 0.1) is 11.8 Å². The second kappa shape index (κ2) is 3.21. The molecule has 0 aliphatic rings. The Labute approximate surface area is 81.3 Å². The zero-order chi connectivity index (χ0) is 10.1. The van der Waals surface area contributed by atoms with Gasteiger partial charge in [-0.25, -0.2) is 0 Å². The lowest BCUT2D eigenvalue weighted by Crippen LogP contribution is -2.30. The number of amides is 1. The second-order valence-electron chi connectivity index (χ2n) is 3.51. The Morgan fingerprint density at radius 3 is 3.00 bits per heavy atom. The van der Waals surface area contributed by atoms with Crippen LogP contribution in [0.4, 0.5) is 0 Å². The van der Waals surface area contributed by atoms with Crippen molar-refractivity contribution >= 4 is 17.0 Å². The van der Waals surface area contributed by atoms with Crippen LogP contribution in [-0.2, 0) is 0 Å². The standard InChI is InChI=1S/C10H12N2O2/c1-6(2)11-10(13)8-5-9-7(12-8)3-4-14-9/h3-6,12H,1-2H3,(H,11,13). The van der Waals surface area contributed by atoms with Crippen LogP contribution in [0.5, 0.6) is 0 Å². The van der Waals surface area contributed by atoms with Crippen molar-refractivity contribution in [3.8, 4) is 0 Å². The van der Waals surface area contributed by atoms with Crippen LogP contribution in [0.15, 0.2) is 22.8 Å². The normalized spacial score (nSPS) is 11.1. The summed E-state index contributed by atoms with van der Waals surface area (Å²) in [4.78, 5) is 14.5. The van der Waals surface area contributed by atoms with E-state index < -0.39 is 0 Å². The first kappa shape index (κ1) is 8.87. The third-order valence-electron chi connectivity index (χ3n) is 1.90. The Morgan fingerprint density at radius 1 is 1.57 bits per heavy atom. The number of nitrogens with one attached hydrogen (secondary N) is 2. The highest BCUT2D eigenvalue weighted by Crippen LogP contribution is 2.15. The van der Waals surface area contributed by atoms with Gasteiger partial charge in [-0.2, -0.15) is 0 Å². The van der Waals surface area contributed by atoms with Crippen molar-refractivity contribution < 1.29 is 9.21 Å². The Kier molecular flexibility index (Phi) is 2.04. The molecule has 2 aromatic rings. The molecule has 0 unspecified atom stereocenters. The lowest BCUT2D eigenvalue weighted by Gasteiger charge is -2.05. The van der Waals surface area contributed by atoms with E-state index in [1.54, 1.807) is 18.4 Å². The number of hydrogen-bond donors (Lipinski definition) is 2. The lowest BCUT2D eigenvalue weighted by molar-refractivity contribution is 0.0939. The molecule has 0 atom stereocenters. The number of furan rings is 1.